The lowest BCUT2D eigenvalue weighted by molar-refractivity contribution is -0.119. The Bertz CT molecular complexity index is 482. The summed E-state index contributed by atoms with van der Waals surface area (Å²) in [6.45, 7) is 5.50. The lowest BCUT2D eigenvalue weighted by atomic mass is 10.0. The Labute approximate surface area is 128 Å². The molecule has 0 radical (unpaired) electrons. The minimum absolute atomic E-state index is 0.0314. The number of hydrogen-bond donors (Lipinski definition) is 2. The van der Waals surface area contributed by atoms with Crippen LogP contribution in [0.25, 0.3) is 0 Å². The summed E-state index contributed by atoms with van der Waals surface area (Å²) < 4.78 is 1.06. The van der Waals surface area contributed by atoms with Gasteiger partial charge in [-0.05, 0) is 37.5 Å². The van der Waals surface area contributed by atoms with E-state index in [1.54, 1.807) is 6.92 Å². The summed E-state index contributed by atoms with van der Waals surface area (Å²) in [5, 5.41) is 3.00. The first-order chi connectivity index (χ1) is 9.47. The highest BCUT2D eigenvalue weighted by Crippen LogP contribution is 2.28. The number of anilines is 1. The molecule has 2 rings (SSSR count). The summed E-state index contributed by atoms with van der Waals surface area (Å²) in [4.78, 5) is 13.4. The van der Waals surface area contributed by atoms with Gasteiger partial charge in [0.15, 0.2) is 0 Å². The maximum absolute atomic E-state index is 11.1. The van der Waals surface area contributed by atoms with Crippen molar-refractivity contribution >= 4 is 27.5 Å². The lowest BCUT2D eigenvalue weighted by Gasteiger charge is -2.34. The molecule has 1 fully saturated rings. The maximum Gasteiger partial charge on any atom is 0.217 e. The van der Waals surface area contributed by atoms with E-state index >= 15 is 0 Å². The molecule has 0 unspecified atom stereocenters. The van der Waals surface area contributed by atoms with Crippen molar-refractivity contribution < 1.29 is 4.79 Å². The van der Waals surface area contributed by atoms with Gasteiger partial charge in [-0.2, -0.15) is 0 Å². The zero-order chi connectivity index (χ0) is 14.7. The molecule has 0 spiro atoms. The first-order valence-electron chi connectivity index (χ1n) is 7.04. The second-order valence-corrected chi connectivity index (χ2v) is 6.31. The minimum Gasteiger partial charge on any atom is -0.371 e. The third kappa shape index (κ3) is 3.73. The predicted octanol–water partition coefficient (Wildman–Crippen LogP) is 2.57. The molecular formula is C15H22BrN3O. The van der Waals surface area contributed by atoms with Gasteiger partial charge in [-0.25, -0.2) is 0 Å². The van der Waals surface area contributed by atoms with Gasteiger partial charge < -0.3 is 16.0 Å². The van der Waals surface area contributed by atoms with Crippen LogP contribution in [0.5, 0.6) is 0 Å². The Morgan fingerprint density at radius 1 is 1.45 bits per heavy atom. The first-order valence-corrected chi connectivity index (χ1v) is 7.83. The van der Waals surface area contributed by atoms with E-state index in [1.807, 2.05) is 6.92 Å². The summed E-state index contributed by atoms with van der Waals surface area (Å²) in [7, 11) is 0. The van der Waals surface area contributed by atoms with Gasteiger partial charge in [-0.15, -0.1) is 0 Å². The second kappa shape index (κ2) is 6.59. The number of rotatable bonds is 3. The average molecular weight is 340 g/mol. The van der Waals surface area contributed by atoms with E-state index in [2.05, 4.69) is 44.3 Å². The van der Waals surface area contributed by atoms with Crippen molar-refractivity contribution in [3.8, 4) is 0 Å². The van der Waals surface area contributed by atoms with Crippen molar-refractivity contribution in [3.05, 3.63) is 28.2 Å². The molecular weight excluding hydrogens is 318 g/mol. The number of hydrogen-bond acceptors (Lipinski definition) is 3. The SMILES string of the molecule is CC(=O)NC1CCN(c2ccc([C@H](C)N)c(Br)c2)CC1. The Morgan fingerprint density at radius 3 is 2.60 bits per heavy atom. The summed E-state index contributed by atoms with van der Waals surface area (Å²) >= 11 is 3.60. The van der Waals surface area contributed by atoms with Crippen LogP contribution < -0.4 is 16.0 Å². The molecule has 1 aliphatic rings. The third-order valence-electron chi connectivity index (χ3n) is 3.74. The summed E-state index contributed by atoms with van der Waals surface area (Å²) in [5.74, 6) is 0.0625. The fourth-order valence-electron chi connectivity index (χ4n) is 2.65. The number of amides is 1. The number of nitrogens with zero attached hydrogens (tertiary/aromatic N) is 1. The first kappa shape index (κ1) is 15.3. The number of piperidine rings is 1. The molecule has 0 saturated carbocycles. The molecule has 1 aliphatic heterocycles. The molecule has 1 aromatic carbocycles. The van der Waals surface area contributed by atoms with Crippen LogP contribution >= 0.6 is 15.9 Å². The van der Waals surface area contributed by atoms with Gasteiger partial charge in [0.1, 0.15) is 0 Å². The normalized spacial score (nSPS) is 17.9. The Morgan fingerprint density at radius 2 is 2.10 bits per heavy atom. The van der Waals surface area contributed by atoms with Gasteiger partial charge in [-0.1, -0.05) is 22.0 Å². The molecule has 3 N–H and O–H groups in total. The molecule has 110 valence electrons. The van der Waals surface area contributed by atoms with Gasteiger partial charge >= 0.3 is 0 Å². The van der Waals surface area contributed by atoms with E-state index < -0.39 is 0 Å². The third-order valence-corrected chi connectivity index (χ3v) is 4.43. The van der Waals surface area contributed by atoms with Crippen molar-refractivity contribution in [2.75, 3.05) is 18.0 Å². The second-order valence-electron chi connectivity index (χ2n) is 5.46. The number of carbonyl (C=O) groups excluding carboxylic acids is 1. The quantitative estimate of drug-likeness (QED) is 0.889. The Hall–Kier alpha value is -1.07. The zero-order valence-corrected chi connectivity index (χ0v) is 13.6. The molecule has 1 amide bonds. The molecule has 1 saturated heterocycles. The molecule has 1 aromatic rings. The van der Waals surface area contributed by atoms with E-state index in [9.17, 15) is 4.79 Å². The van der Waals surface area contributed by atoms with Crippen molar-refractivity contribution in [1.29, 1.82) is 0 Å². The largest absolute Gasteiger partial charge is 0.371 e. The average Bonchev–Trinajstić information content (AvgIpc) is 2.38. The molecule has 4 nitrogen and oxygen atoms in total. The molecule has 1 atom stereocenters. The van der Waals surface area contributed by atoms with Crippen molar-refractivity contribution in [2.24, 2.45) is 5.73 Å². The smallest absolute Gasteiger partial charge is 0.217 e. The van der Waals surface area contributed by atoms with Gasteiger partial charge in [-0.3, -0.25) is 4.79 Å². The molecule has 1 heterocycles. The maximum atomic E-state index is 11.1. The molecule has 5 heteroatoms. The Balaban J connectivity index is 2.00. The van der Waals surface area contributed by atoms with E-state index in [0.717, 1.165) is 36.0 Å². The highest BCUT2D eigenvalue weighted by atomic mass is 79.9. The van der Waals surface area contributed by atoms with E-state index in [4.69, 9.17) is 5.73 Å². The van der Waals surface area contributed by atoms with Crippen LogP contribution in [0.3, 0.4) is 0 Å². The van der Waals surface area contributed by atoms with Gasteiger partial charge in [0.05, 0.1) is 0 Å². The number of benzene rings is 1. The van der Waals surface area contributed by atoms with E-state index in [0.29, 0.717) is 6.04 Å². The standard InChI is InChI=1S/C15H22BrN3O/c1-10(17)14-4-3-13(9-15(14)16)19-7-5-12(6-8-19)18-11(2)20/h3-4,9-10,12H,5-8,17H2,1-2H3,(H,18,20)/t10-/m0/s1. The minimum atomic E-state index is 0.0314. The van der Waals surface area contributed by atoms with Crippen molar-refractivity contribution in [2.45, 2.75) is 38.8 Å². The van der Waals surface area contributed by atoms with Crippen LogP contribution in [-0.4, -0.2) is 25.0 Å². The highest BCUT2D eigenvalue weighted by Gasteiger charge is 2.20. The number of nitrogens with two attached hydrogens (primary N) is 1. The monoisotopic (exact) mass is 339 g/mol. The van der Waals surface area contributed by atoms with Gasteiger partial charge in [0.2, 0.25) is 5.91 Å². The van der Waals surface area contributed by atoms with Crippen LogP contribution in [0, 0.1) is 0 Å². The van der Waals surface area contributed by atoms with E-state index in [-0.39, 0.29) is 11.9 Å². The van der Waals surface area contributed by atoms with Crippen LogP contribution in [0.4, 0.5) is 5.69 Å². The molecule has 20 heavy (non-hydrogen) atoms. The molecule has 0 aliphatic carbocycles. The Kier molecular flexibility index (Phi) is 5.05. The summed E-state index contributed by atoms with van der Waals surface area (Å²) in [6.07, 6.45) is 1.98. The summed E-state index contributed by atoms with van der Waals surface area (Å²) in [6, 6.07) is 6.70. The number of halogens is 1. The van der Waals surface area contributed by atoms with Crippen LogP contribution in [0.15, 0.2) is 22.7 Å². The number of nitrogens with one attached hydrogen (secondary N) is 1. The van der Waals surface area contributed by atoms with E-state index in [1.165, 1.54) is 5.69 Å². The summed E-state index contributed by atoms with van der Waals surface area (Å²) in [5.41, 5.74) is 8.26. The highest BCUT2D eigenvalue weighted by molar-refractivity contribution is 9.10. The van der Waals surface area contributed by atoms with Crippen molar-refractivity contribution in [3.63, 3.8) is 0 Å². The van der Waals surface area contributed by atoms with Crippen LogP contribution in [0.2, 0.25) is 0 Å². The predicted molar refractivity (Wildman–Crippen MR) is 85.8 cm³/mol. The van der Waals surface area contributed by atoms with Gasteiger partial charge in [0, 0.05) is 42.3 Å². The molecule has 0 bridgehead atoms. The van der Waals surface area contributed by atoms with Crippen molar-refractivity contribution in [1.82, 2.24) is 5.32 Å². The fourth-order valence-corrected chi connectivity index (χ4v) is 3.38. The fraction of sp³-hybridized carbons (Fsp3) is 0.533. The van der Waals surface area contributed by atoms with Crippen LogP contribution in [0.1, 0.15) is 38.3 Å². The lowest BCUT2D eigenvalue weighted by Crippen LogP contribution is -2.44. The number of carbonyl (C=O) groups is 1. The molecule has 0 aromatic heterocycles. The van der Waals surface area contributed by atoms with Crippen LogP contribution in [-0.2, 0) is 4.79 Å². The topological polar surface area (TPSA) is 58.4 Å². The zero-order valence-electron chi connectivity index (χ0n) is 12.0. The van der Waals surface area contributed by atoms with Gasteiger partial charge in [0.25, 0.3) is 0 Å².